The van der Waals surface area contributed by atoms with Crippen molar-refractivity contribution in [1.82, 2.24) is 0 Å². The van der Waals surface area contributed by atoms with Crippen LogP contribution in [0.4, 0.5) is 0 Å². The largest absolute Gasteiger partial charge is 0.695 e. The van der Waals surface area contributed by atoms with Crippen LogP contribution in [-0.2, 0) is 18.6 Å². The molecular weight excluding hydrogens is 390 g/mol. The number of aliphatic hydroxyl groups is 1. The van der Waals surface area contributed by atoms with Crippen molar-refractivity contribution < 1.29 is 28.6 Å². The number of hydrogen-bond acceptors (Lipinski definition) is 5. The van der Waals surface area contributed by atoms with Crippen LogP contribution in [0, 0.1) is 0 Å². The number of rotatable bonds is 19. The normalized spacial score (nSPS) is 24.9. The van der Waals surface area contributed by atoms with Crippen molar-refractivity contribution in [3.05, 3.63) is 0 Å². The summed E-state index contributed by atoms with van der Waals surface area (Å²) in [6.45, 7) is 2.43. The van der Waals surface area contributed by atoms with Gasteiger partial charge in [-0.3, -0.25) is 0 Å². The van der Waals surface area contributed by atoms with Crippen molar-refractivity contribution in [2.45, 2.75) is 121 Å². The predicted octanol–water partition coefficient (Wildman–Crippen LogP) is 4.77. The van der Waals surface area contributed by atoms with Gasteiger partial charge in [-0.1, -0.05) is 90.4 Å². The molecular formula is C21H41BO6P+. The molecule has 1 aliphatic heterocycles. The highest BCUT2D eigenvalue weighted by atomic mass is 31.1. The summed E-state index contributed by atoms with van der Waals surface area (Å²) in [5.41, 5.74) is 0. The van der Waals surface area contributed by atoms with Gasteiger partial charge in [0.05, 0.1) is 6.61 Å². The van der Waals surface area contributed by atoms with E-state index < -0.39 is 32.6 Å². The molecule has 0 aromatic carbocycles. The Bertz CT molecular complexity index is 415. The Morgan fingerprint density at radius 2 is 1.34 bits per heavy atom. The van der Waals surface area contributed by atoms with E-state index in [1.807, 2.05) is 0 Å². The van der Waals surface area contributed by atoms with Crippen molar-refractivity contribution in [1.29, 1.82) is 0 Å². The lowest BCUT2D eigenvalue weighted by Crippen LogP contribution is -2.37. The highest BCUT2D eigenvalue weighted by Crippen LogP contribution is 2.31. The molecule has 0 saturated carbocycles. The van der Waals surface area contributed by atoms with E-state index in [-0.39, 0.29) is 6.61 Å². The Labute approximate surface area is 179 Å². The van der Waals surface area contributed by atoms with Crippen LogP contribution in [0.15, 0.2) is 0 Å². The van der Waals surface area contributed by atoms with Crippen LogP contribution < -0.4 is 0 Å². The van der Waals surface area contributed by atoms with Crippen molar-refractivity contribution in [2.24, 2.45) is 0 Å². The molecule has 0 aromatic heterocycles. The monoisotopic (exact) mass is 431 g/mol. The first-order valence-electron chi connectivity index (χ1n) is 11.6. The number of ether oxygens (including phenoxy) is 2. The lowest BCUT2D eigenvalue weighted by Gasteiger charge is -2.18. The first kappa shape index (κ1) is 27.0. The smallest absolute Gasteiger partial charge is 0.394 e. The number of hydrogen-bond donors (Lipinski definition) is 2. The summed E-state index contributed by atoms with van der Waals surface area (Å²) in [7, 11) is 3.05. The average molecular weight is 431 g/mol. The van der Waals surface area contributed by atoms with E-state index in [4.69, 9.17) is 26.7 Å². The lowest BCUT2D eigenvalue weighted by atomic mass is 9.93. The second-order valence-electron chi connectivity index (χ2n) is 8.06. The summed E-state index contributed by atoms with van der Waals surface area (Å²) >= 11 is 0. The minimum Gasteiger partial charge on any atom is -0.394 e. The fourth-order valence-corrected chi connectivity index (χ4v) is 4.30. The van der Waals surface area contributed by atoms with E-state index >= 15 is 0 Å². The zero-order chi connectivity index (χ0) is 21.3. The molecule has 1 aliphatic rings. The van der Waals surface area contributed by atoms with Gasteiger partial charge < -0.3 is 14.6 Å². The second-order valence-corrected chi connectivity index (χ2v) is 8.75. The molecule has 168 valence electrons. The summed E-state index contributed by atoms with van der Waals surface area (Å²) in [6, 6.07) is -0.765. The van der Waals surface area contributed by atoms with Gasteiger partial charge in [-0.25, -0.2) is 0 Å². The van der Waals surface area contributed by atoms with E-state index in [9.17, 15) is 9.67 Å². The van der Waals surface area contributed by atoms with E-state index in [0.717, 1.165) is 12.8 Å². The predicted molar refractivity (Wildman–Crippen MR) is 116 cm³/mol. The number of aliphatic hydroxyl groups excluding tert-OH is 1. The molecule has 0 bridgehead atoms. The Morgan fingerprint density at radius 1 is 0.862 bits per heavy atom. The molecule has 0 spiro atoms. The fraction of sp³-hybridized carbons (Fsp3) is 1.00. The van der Waals surface area contributed by atoms with Crippen molar-refractivity contribution >= 4 is 16.1 Å². The van der Waals surface area contributed by atoms with Gasteiger partial charge in [0, 0.05) is 17.2 Å². The zero-order valence-corrected chi connectivity index (χ0v) is 19.1. The molecule has 0 amide bonds. The van der Waals surface area contributed by atoms with Crippen LogP contribution in [-0.4, -0.2) is 55.4 Å². The van der Waals surface area contributed by atoms with Crippen molar-refractivity contribution in [3.8, 4) is 0 Å². The first-order valence-corrected chi connectivity index (χ1v) is 12.7. The van der Waals surface area contributed by atoms with Crippen LogP contribution in [0.5, 0.6) is 0 Å². The maximum atomic E-state index is 11.0. The molecule has 0 aliphatic carbocycles. The van der Waals surface area contributed by atoms with Gasteiger partial charge in [0.2, 0.25) is 0 Å². The van der Waals surface area contributed by atoms with Crippen molar-refractivity contribution in [2.75, 3.05) is 13.2 Å². The molecule has 2 radical (unpaired) electrons. The molecule has 5 atom stereocenters. The van der Waals surface area contributed by atoms with E-state index in [2.05, 4.69) is 6.92 Å². The quantitative estimate of drug-likeness (QED) is 0.174. The molecule has 2 N–H and O–H groups in total. The topological polar surface area (TPSA) is 85.2 Å². The van der Waals surface area contributed by atoms with E-state index in [0.29, 0.717) is 6.61 Å². The third kappa shape index (κ3) is 12.4. The standard InChI is InChI=1S/C21H40BO6P/c1-2-3-4-5-6-7-8-9-10-11-12-13-14-15-16-26-20-19(28-29(24)25)18(17-23)27-21(20)22/h18-21,23H,2-17H2,1H3/p+1/t18-,19?,20?,21-/m1/s1. The SMILES string of the molecule is [B][C@@H]1O[C@H](CO)C(O[P+](=O)O)C1OCCCCCCCCCCCCCCCC. The average Bonchev–Trinajstić information content (AvgIpc) is 2.99. The van der Waals surface area contributed by atoms with Gasteiger partial charge in [0.1, 0.15) is 20.1 Å². The summed E-state index contributed by atoms with van der Waals surface area (Å²) in [5.74, 6) is 0. The molecule has 3 unspecified atom stereocenters. The van der Waals surface area contributed by atoms with Crippen LogP contribution in [0.2, 0.25) is 0 Å². The van der Waals surface area contributed by atoms with Gasteiger partial charge in [-0.15, -0.1) is 9.42 Å². The summed E-state index contributed by atoms with van der Waals surface area (Å²) < 4.78 is 27.0. The Kier molecular flexibility index (Phi) is 16.4. The number of unbranched alkanes of at least 4 members (excludes halogenated alkanes) is 13. The molecule has 0 aromatic rings. The summed E-state index contributed by atoms with van der Waals surface area (Å²) in [5, 5.41) is 9.30. The maximum Gasteiger partial charge on any atom is 0.695 e. The highest BCUT2D eigenvalue weighted by molar-refractivity contribution is 7.32. The Hall–Kier alpha value is -0.0351. The highest BCUT2D eigenvalue weighted by Gasteiger charge is 2.48. The van der Waals surface area contributed by atoms with E-state index in [1.165, 1.54) is 77.0 Å². The molecule has 1 fully saturated rings. The Balaban J connectivity index is 1.96. The third-order valence-electron chi connectivity index (χ3n) is 5.55. The second kappa shape index (κ2) is 17.6. The van der Waals surface area contributed by atoms with Gasteiger partial charge in [-0.05, 0) is 6.42 Å². The summed E-state index contributed by atoms with van der Waals surface area (Å²) in [4.78, 5) is 8.99. The van der Waals surface area contributed by atoms with Crippen LogP contribution in [0.1, 0.15) is 96.8 Å². The van der Waals surface area contributed by atoms with Gasteiger partial charge in [0.15, 0.2) is 6.10 Å². The maximum absolute atomic E-state index is 11.0. The molecule has 1 saturated heterocycles. The molecule has 8 heteroatoms. The lowest BCUT2D eigenvalue weighted by molar-refractivity contribution is -0.0176. The summed E-state index contributed by atoms with van der Waals surface area (Å²) in [6.07, 6.45) is 15.9. The minimum absolute atomic E-state index is 0.333. The van der Waals surface area contributed by atoms with Crippen LogP contribution in [0.3, 0.4) is 0 Å². The van der Waals surface area contributed by atoms with Crippen LogP contribution >= 0.6 is 8.25 Å². The van der Waals surface area contributed by atoms with Gasteiger partial charge >= 0.3 is 8.25 Å². The van der Waals surface area contributed by atoms with Gasteiger partial charge in [0.25, 0.3) is 0 Å². The zero-order valence-electron chi connectivity index (χ0n) is 18.2. The van der Waals surface area contributed by atoms with Crippen molar-refractivity contribution in [3.63, 3.8) is 0 Å². The fourth-order valence-electron chi connectivity index (χ4n) is 3.84. The molecule has 1 rings (SSSR count). The molecule has 1 heterocycles. The van der Waals surface area contributed by atoms with Gasteiger partial charge in [-0.2, -0.15) is 0 Å². The molecule has 6 nitrogen and oxygen atoms in total. The first-order chi connectivity index (χ1) is 14.1. The third-order valence-corrected chi connectivity index (χ3v) is 5.97. The minimum atomic E-state index is -2.80. The molecule has 29 heavy (non-hydrogen) atoms. The van der Waals surface area contributed by atoms with E-state index in [1.54, 1.807) is 0 Å². The Morgan fingerprint density at radius 3 is 1.79 bits per heavy atom. The van der Waals surface area contributed by atoms with Crippen LogP contribution in [0.25, 0.3) is 0 Å².